The maximum Gasteiger partial charge on any atom is 0.0213 e. The second-order valence-electron chi connectivity index (χ2n) is 3.66. The van der Waals surface area contributed by atoms with Crippen LogP contribution in [0.15, 0.2) is 0 Å². The summed E-state index contributed by atoms with van der Waals surface area (Å²) < 4.78 is 0. The Balaban J connectivity index is 2.33. The van der Waals surface area contributed by atoms with Gasteiger partial charge in [0, 0.05) is 6.04 Å². The lowest BCUT2D eigenvalue weighted by Gasteiger charge is -2.17. The third-order valence-electron chi connectivity index (χ3n) is 2.85. The molecule has 1 fully saturated rings. The van der Waals surface area contributed by atoms with Crippen molar-refractivity contribution in [1.82, 2.24) is 5.43 Å². The Morgan fingerprint density at radius 1 is 1.36 bits per heavy atom. The first-order valence-electron chi connectivity index (χ1n) is 4.83. The number of hydrogen-bond donors (Lipinski definition) is 2. The second-order valence-corrected chi connectivity index (χ2v) is 3.66. The summed E-state index contributed by atoms with van der Waals surface area (Å²) in [4.78, 5) is 0. The highest BCUT2D eigenvalue weighted by Crippen LogP contribution is 2.24. The molecule has 0 spiro atoms. The van der Waals surface area contributed by atoms with Gasteiger partial charge in [0.25, 0.3) is 0 Å². The monoisotopic (exact) mass is 156 g/mol. The minimum atomic E-state index is 0.586. The summed E-state index contributed by atoms with van der Waals surface area (Å²) in [5, 5.41) is 0. The number of rotatable bonds is 2. The number of nitrogens with one attached hydrogen (secondary N) is 1. The molecule has 2 atom stereocenters. The number of hydrazine groups is 1. The Morgan fingerprint density at radius 2 is 2.09 bits per heavy atom. The number of nitrogens with two attached hydrogens (primary N) is 1. The highest BCUT2D eigenvalue weighted by molar-refractivity contribution is 4.73. The van der Waals surface area contributed by atoms with Crippen molar-refractivity contribution in [3.05, 3.63) is 0 Å². The average molecular weight is 156 g/mol. The molecule has 1 rings (SSSR count). The SMILES string of the molecule is CCC1CCCCC(NN)C1. The van der Waals surface area contributed by atoms with Crippen LogP contribution < -0.4 is 11.3 Å². The lowest BCUT2D eigenvalue weighted by Crippen LogP contribution is -2.35. The van der Waals surface area contributed by atoms with Crippen molar-refractivity contribution in [2.24, 2.45) is 11.8 Å². The Hall–Kier alpha value is -0.0800. The molecule has 0 amide bonds. The summed E-state index contributed by atoms with van der Waals surface area (Å²) in [7, 11) is 0. The molecule has 3 N–H and O–H groups in total. The van der Waals surface area contributed by atoms with Gasteiger partial charge in [-0.15, -0.1) is 0 Å². The Morgan fingerprint density at radius 3 is 2.73 bits per heavy atom. The minimum absolute atomic E-state index is 0.586. The summed E-state index contributed by atoms with van der Waals surface area (Å²) in [5.41, 5.74) is 2.91. The van der Waals surface area contributed by atoms with Crippen LogP contribution in [-0.2, 0) is 0 Å². The summed E-state index contributed by atoms with van der Waals surface area (Å²) in [6, 6.07) is 0.586. The molecule has 1 saturated carbocycles. The van der Waals surface area contributed by atoms with Gasteiger partial charge in [-0.2, -0.15) is 0 Å². The fourth-order valence-electron chi connectivity index (χ4n) is 1.98. The van der Waals surface area contributed by atoms with E-state index in [-0.39, 0.29) is 0 Å². The first-order valence-corrected chi connectivity index (χ1v) is 4.83. The fourth-order valence-corrected chi connectivity index (χ4v) is 1.98. The predicted octanol–water partition coefficient (Wildman–Crippen LogP) is 1.81. The van der Waals surface area contributed by atoms with E-state index in [1.54, 1.807) is 0 Å². The van der Waals surface area contributed by atoms with Crippen molar-refractivity contribution < 1.29 is 0 Å². The zero-order chi connectivity index (χ0) is 8.10. The first-order chi connectivity index (χ1) is 5.36. The normalized spacial score (nSPS) is 33.3. The summed E-state index contributed by atoms with van der Waals surface area (Å²) in [6.45, 7) is 2.28. The van der Waals surface area contributed by atoms with E-state index >= 15 is 0 Å². The van der Waals surface area contributed by atoms with Crippen molar-refractivity contribution in [2.75, 3.05) is 0 Å². The maximum absolute atomic E-state index is 5.44. The van der Waals surface area contributed by atoms with E-state index in [4.69, 9.17) is 5.84 Å². The van der Waals surface area contributed by atoms with E-state index in [1.807, 2.05) is 0 Å². The van der Waals surface area contributed by atoms with E-state index in [0.717, 1.165) is 5.92 Å². The van der Waals surface area contributed by atoms with Gasteiger partial charge in [-0.05, 0) is 18.8 Å². The molecule has 0 aliphatic heterocycles. The van der Waals surface area contributed by atoms with Crippen LogP contribution in [0.3, 0.4) is 0 Å². The molecular formula is C9H20N2. The molecular weight excluding hydrogens is 136 g/mol. The molecule has 0 radical (unpaired) electrons. The molecule has 2 unspecified atom stereocenters. The number of hydrogen-bond acceptors (Lipinski definition) is 2. The highest BCUT2D eigenvalue weighted by atomic mass is 15.2. The molecule has 0 aromatic rings. The average Bonchev–Trinajstić information content (AvgIpc) is 2.28. The van der Waals surface area contributed by atoms with Gasteiger partial charge in [0.05, 0.1) is 0 Å². The van der Waals surface area contributed by atoms with E-state index in [1.165, 1.54) is 38.5 Å². The van der Waals surface area contributed by atoms with Crippen molar-refractivity contribution in [1.29, 1.82) is 0 Å². The smallest absolute Gasteiger partial charge is 0.0213 e. The van der Waals surface area contributed by atoms with Crippen molar-refractivity contribution in [3.63, 3.8) is 0 Å². The quantitative estimate of drug-likeness (QED) is 0.363. The summed E-state index contributed by atoms with van der Waals surface area (Å²) in [6.07, 6.45) is 8.04. The fraction of sp³-hybridized carbons (Fsp3) is 1.00. The molecule has 0 saturated heterocycles. The van der Waals surface area contributed by atoms with Crippen LogP contribution in [0.4, 0.5) is 0 Å². The Kier molecular flexibility index (Phi) is 3.87. The molecule has 1 aliphatic rings. The van der Waals surface area contributed by atoms with Gasteiger partial charge in [0.2, 0.25) is 0 Å². The Bertz CT molecular complexity index is 91.7. The van der Waals surface area contributed by atoms with E-state index < -0.39 is 0 Å². The molecule has 11 heavy (non-hydrogen) atoms. The molecule has 66 valence electrons. The topological polar surface area (TPSA) is 38.0 Å². The van der Waals surface area contributed by atoms with Gasteiger partial charge in [0.1, 0.15) is 0 Å². The predicted molar refractivity (Wildman–Crippen MR) is 48.0 cm³/mol. The van der Waals surface area contributed by atoms with E-state index in [9.17, 15) is 0 Å². The Labute approximate surface area is 69.5 Å². The van der Waals surface area contributed by atoms with Crippen molar-refractivity contribution in [2.45, 2.75) is 51.5 Å². The molecule has 0 heterocycles. The third-order valence-corrected chi connectivity index (χ3v) is 2.85. The molecule has 2 heteroatoms. The van der Waals surface area contributed by atoms with Crippen LogP contribution in [0, 0.1) is 5.92 Å². The summed E-state index contributed by atoms with van der Waals surface area (Å²) in [5.74, 6) is 6.35. The van der Waals surface area contributed by atoms with Crippen LogP contribution in [0.25, 0.3) is 0 Å². The standard InChI is InChI=1S/C9H20N2/c1-2-8-5-3-4-6-9(7-8)11-10/h8-9,11H,2-7,10H2,1H3. The van der Waals surface area contributed by atoms with Crippen LogP contribution in [0.5, 0.6) is 0 Å². The van der Waals surface area contributed by atoms with Crippen LogP contribution in [0.1, 0.15) is 45.4 Å². The zero-order valence-corrected chi connectivity index (χ0v) is 7.47. The lowest BCUT2D eigenvalue weighted by molar-refractivity contribution is 0.382. The minimum Gasteiger partial charge on any atom is -0.271 e. The van der Waals surface area contributed by atoms with Crippen molar-refractivity contribution in [3.8, 4) is 0 Å². The van der Waals surface area contributed by atoms with Gasteiger partial charge in [-0.25, -0.2) is 0 Å². The van der Waals surface area contributed by atoms with E-state index in [0.29, 0.717) is 6.04 Å². The molecule has 0 aromatic heterocycles. The van der Waals surface area contributed by atoms with Gasteiger partial charge >= 0.3 is 0 Å². The van der Waals surface area contributed by atoms with Gasteiger partial charge in [-0.1, -0.05) is 32.6 Å². The van der Waals surface area contributed by atoms with E-state index in [2.05, 4.69) is 12.3 Å². The van der Waals surface area contributed by atoms with Crippen molar-refractivity contribution >= 4 is 0 Å². The van der Waals surface area contributed by atoms with Crippen LogP contribution in [-0.4, -0.2) is 6.04 Å². The molecule has 0 bridgehead atoms. The van der Waals surface area contributed by atoms with Gasteiger partial charge in [-0.3, -0.25) is 11.3 Å². The maximum atomic E-state index is 5.44. The highest BCUT2D eigenvalue weighted by Gasteiger charge is 2.17. The van der Waals surface area contributed by atoms with Gasteiger partial charge < -0.3 is 0 Å². The zero-order valence-electron chi connectivity index (χ0n) is 7.47. The lowest BCUT2D eigenvalue weighted by atomic mass is 9.96. The summed E-state index contributed by atoms with van der Waals surface area (Å²) >= 11 is 0. The third kappa shape index (κ3) is 2.80. The second kappa shape index (κ2) is 4.73. The molecule has 2 nitrogen and oxygen atoms in total. The molecule has 0 aromatic carbocycles. The van der Waals surface area contributed by atoms with Crippen LogP contribution in [0.2, 0.25) is 0 Å². The van der Waals surface area contributed by atoms with Crippen LogP contribution >= 0.6 is 0 Å². The van der Waals surface area contributed by atoms with Gasteiger partial charge in [0.15, 0.2) is 0 Å². The molecule has 1 aliphatic carbocycles. The largest absolute Gasteiger partial charge is 0.271 e. The first kappa shape index (κ1) is 9.01.